The normalized spacial score (nSPS) is 33.4. The maximum absolute atomic E-state index is 10.7. The van der Waals surface area contributed by atoms with Crippen LogP contribution in [0.5, 0.6) is 0 Å². The lowest BCUT2D eigenvalue weighted by atomic mass is 9.64. The van der Waals surface area contributed by atoms with Crippen LogP contribution in [-0.4, -0.2) is 59.5 Å². The minimum atomic E-state index is -0.640. The molecule has 3 rings (SSSR count). The Morgan fingerprint density at radius 3 is 2.19 bits per heavy atom. The van der Waals surface area contributed by atoms with E-state index in [1.165, 1.54) is 12.8 Å². The van der Waals surface area contributed by atoms with Crippen molar-refractivity contribution in [3.05, 3.63) is 0 Å². The van der Waals surface area contributed by atoms with Crippen LogP contribution in [0.25, 0.3) is 0 Å². The SMILES string of the molecule is OCC1(C2(O)CCN(C3CC3)CC2)CNC1. The van der Waals surface area contributed by atoms with E-state index in [9.17, 15) is 10.2 Å². The Morgan fingerprint density at radius 2 is 1.81 bits per heavy atom. The highest BCUT2D eigenvalue weighted by Gasteiger charge is 2.55. The fraction of sp³-hybridized carbons (Fsp3) is 1.00. The molecule has 0 aromatic carbocycles. The smallest absolute Gasteiger partial charge is 0.0774 e. The van der Waals surface area contributed by atoms with Gasteiger partial charge >= 0.3 is 0 Å². The van der Waals surface area contributed by atoms with Crippen LogP contribution in [0.15, 0.2) is 0 Å². The van der Waals surface area contributed by atoms with E-state index in [4.69, 9.17) is 0 Å². The lowest BCUT2D eigenvalue weighted by Crippen LogP contribution is -2.70. The molecule has 3 aliphatic rings. The van der Waals surface area contributed by atoms with E-state index >= 15 is 0 Å². The lowest BCUT2D eigenvalue weighted by molar-refractivity contribution is -0.162. The highest BCUT2D eigenvalue weighted by atomic mass is 16.3. The van der Waals surface area contributed by atoms with Gasteiger partial charge in [-0.25, -0.2) is 0 Å². The number of aliphatic hydroxyl groups excluding tert-OH is 1. The summed E-state index contributed by atoms with van der Waals surface area (Å²) in [7, 11) is 0. The van der Waals surface area contributed by atoms with Crippen molar-refractivity contribution in [3.63, 3.8) is 0 Å². The largest absolute Gasteiger partial charge is 0.396 e. The van der Waals surface area contributed by atoms with Gasteiger partial charge in [-0.3, -0.25) is 0 Å². The first kappa shape index (κ1) is 11.0. The fourth-order valence-electron chi connectivity index (χ4n) is 3.24. The number of aliphatic hydroxyl groups is 2. The van der Waals surface area contributed by atoms with Gasteiger partial charge in [0.15, 0.2) is 0 Å². The van der Waals surface area contributed by atoms with Gasteiger partial charge in [0, 0.05) is 37.6 Å². The summed E-state index contributed by atoms with van der Waals surface area (Å²) in [4.78, 5) is 2.51. The standard InChI is InChI=1S/C12H22N2O2/c15-9-11(7-13-8-11)12(16)3-5-14(6-4-12)10-1-2-10/h10,13,15-16H,1-9H2. The first-order valence-electron chi connectivity index (χ1n) is 6.47. The van der Waals surface area contributed by atoms with E-state index in [0.717, 1.165) is 45.1 Å². The molecular weight excluding hydrogens is 204 g/mol. The van der Waals surface area contributed by atoms with Gasteiger partial charge in [-0.15, -0.1) is 0 Å². The number of rotatable bonds is 3. The molecule has 4 nitrogen and oxygen atoms in total. The molecule has 2 saturated heterocycles. The molecule has 0 aromatic heterocycles. The topological polar surface area (TPSA) is 55.7 Å². The van der Waals surface area contributed by atoms with Crippen molar-refractivity contribution in [1.82, 2.24) is 10.2 Å². The Balaban J connectivity index is 1.65. The second-order valence-corrected chi connectivity index (χ2v) is 5.84. The number of hydrogen-bond acceptors (Lipinski definition) is 4. The predicted octanol–water partition coefficient (Wildman–Crippen LogP) is -0.442. The Hall–Kier alpha value is -0.160. The van der Waals surface area contributed by atoms with Gasteiger partial charge in [-0.2, -0.15) is 0 Å². The number of piperidine rings is 1. The molecule has 2 aliphatic heterocycles. The van der Waals surface area contributed by atoms with E-state index in [-0.39, 0.29) is 12.0 Å². The molecule has 0 amide bonds. The van der Waals surface area contributed by atoms with Crippen LogP contribution in [0.1, 0.15) is 25.7 Å². The highest BCUT2D eigenvalue weighted by molar-refractivity contribution is 5.09. The molecule has 1 aliphatic carbocycles. The Bertz CT molecular complexity index is 261. The zero-order valence-corrected chi connectivity index (χ0v) is 9.78. The summed E-state index contributed by atoms with van der Waals surface area (Å²) in [6.07, 6.45) is 4.33. The molecule has 92 valence electrons. The molecule has 0 spiro atoms. The van der Waals surface area contributed by atoms with Crippen molar-refractivity contribution in [2.75, 3.05) is 32.8 Å². The molecule has 3 fully saturated rings. The second kappa shape index (κ2) is 3.67. The number of nitrogens with zero attached hydrogens (tertiary/aromatic N) is 1. The lowest BCUT2D eigenvalue weighted by Gasteiger charge is -2.55. The third-order valence-electron chi connectivity index (χ3n) is 4.91. The first-order chi connectivity index (χ1) is 7.69. The molecule has 0 radical (unpaired) electrons. The summed E-state index contributed by atoms with van der Waals surface area (Å²) in [6.45, 7) is 3.65. The van der Waals surface area contributed by atoms with Crippen LogP contribution in [0.3, 0.4) is 0 Å². The minimum absolute atomic E-state index is 0.111. The molecule has 0 unspecified atom stereocenters. The summed E-state index contributed by atoms with van der Waals surface area (Å²) in [5, 5.41) is 23.5. The van der Waals surface area contributed by atoms with Crippen LogP contribution in [-0.2, 0) is 0 Å². The molecule has 2 heterocycles. The first-order valence-corrected chi connectivity index (χ1v) is 6.47. The van der Waals surface area contributed by atoms with Gasteiger partial charge in [-0.1, -0.05) is 0 Å². The quantitative estimate of drug-likeness (QED) is 0.610. The Labute approximate surface area is 96.6 Å². The second-order valence-electron chi connectivity index (χ2n) is 5.84. The van der Waals surface area contributed by atoms with Crippen molar-refractivity contribution in [2.24, 2.45) is 5.41 Å². The van der Waals surface area contributed by atoms with Gasteiger partial charge in [0.05, 0.1) is 12.2 Å². The van der Waals surface area contributed by atoms with Crippen molar-refractivity contribution in [1.29, 1.82) is 0 Å². The van der Waals surface area contributed by atoms with Gasteiger partial charge in [-0.05, 0) is 25.7 Å². The van der Waals surface area contributed by atoms with E-state index in [0.29, 0.717) is 0 Å². The Kier molecular flexibility index (Phi) is 2.51. The number of likely N-dealkylation sites (tertiary alicyclic amines) is 1. The van der Waals surface area contributed by atoms with Crippen LogP contribution >= 0.6 is 0 Å². The highest BCUT2D eigenvalue weighted by Crippen LogP contribution is 2.43. The predicted molar refractivity (Wildman–Crippen MR) is 61.2 cm³/mol. The summed E-state index contributed by atoms with van der Waals surface area (Å²) >= 11 is 0. The summed E-state index contributed by atoms with van der Waals surface area (Å²) in [6, 6.07) is 0.800. The zero-order valence-electron chi connectivity index (χ0n) is 9.78. The van der Waals surface area contributed by atoms with Crippen LogP contribution in [0, 0.1) is 5.41 Å². The van der Waals surface area contributed by atoms with E-state index in [1.54, 1.807) is 0 Å². The van der Waals surface area contributed by atoms with Crippen molar-refractivity contribution < 1.29 is 10.2 Å². The number of nitrogens with one attached hydrogen (secondary N) is 1. The molecule has 0 aromatic rings. The molecule has 0 bridgehead atoms. The molecule has 1 saturated carbocycles. The van der Waals surface area contributed by atoms with E-state index in [2.05, 4.69) is 10.2 Å². The Morgan fingerprint density at radius 1 is 1.19 bits per heavy atom. The molecule has 4 heteroatoms. The van der Waals surface area contributed by atoms with Gasteiger partial charge in [0.2, 0.25) is 0 Å². The van der Waals surface area contributed by atoms with E-state index < -0.39 is 5.60 Å². The molecular formula is C12H22N2O2. The van der Waals surface area contributed by atoms with E-state index in [1.807, 2.05) is 0 Å². The maximum atomic E-state index is 10.7. The monoisotopic (exact) mass is 226 g/mol. The minimum Gasteiger partial charge on any atom is -0.396 e. The van der Waals surface area contributed by atoms with Crippen molar-refractivity contribution in [3.8, 4) is 0 Å². The van der Waals surface area contributed by atoms with Crippen LogP contribution < -0.4 is 5.32 Å². The summed E-state index contributed by atoms with van der Waals surface area (Å²) < 4.78 is 0. The third kappa shape index (κ3) is 1.51. The van der Waals surface area contributed by atoms with Crippen molar-refractivity contribution >= 4 is 0 Å². The van der Waals surface area contributed by atoms with Crippen LogP contribution in [0.4, 0.5) is 0 Å². The fourth-order valence-corrected chi connectivity index (χ4v) is 3.24. The van der Waals surface area contributed by atoms with Crippen LogP contribution in [0.2, 0.25) is 0 Å². The molecule has 0 atom stereocenters. The number of hydrogen-bond donors (Lipinski definition) is 3. The third-order valence-corrected chi connectivity index (χ3v) is 4.91. The average Bonchev–Trinajstić information content (AvgIpc) is 3.01. The van der Waals surface area contributed by atoms with Gasteiger partial charge < -0.3 is 20.4 Å². The van der Waals surface area contributed by atoms with Gasteiger partial charge in [0.25, 0.3) is 0 Å². The molecule has 16 heavy (non-hydrogen) atoms. The van der Waals surface area contributed by atoms with Crippen molar-refractivity contribution in [2.45, 2.75) is 37.3 Å². The van der Waals surface area contributed by atoms with Gasteiger partial charge in [0.1, 0.15) is 0 Å². The summed E-state index contributed by atoms with van der Waals surface area (Å²) in [5.41, 5.74) is -0.902. The average molecular weight is 226 g/mol. The molecule has 3 N–H and O–H groups in total. The maximum Gasteiger partial charge on any atom is 0.0774 e. The zero-order chi connectivity index (χ0) is 11.2. The summed E-state index contributed by atoms with van der Waals surface area (Å²) in [5.74, 6) is 0.